The van der Waals surface area contributed by atoms with Crippen LogP contribution in [0.15, 0.2) is 48.7 Å². The minimum Gasteiger partial charge on any atom is -0.322 e. The highest BCUT2D eigenvalue weighted by molar-refractivity contribution is 5.99. The monoisotopic (exact) mass is 387 g/mol. The van der Waals surface area contributed by atoms with E-state index in [1.165, 1.54) is 30.0 Å². The summed E-state index contributed by atoms with van der Waals surface area (Å²) in [6.45, 7) is 4.99. The van der Waals surface area contributed by atoms with Gasteiger partial charge in [0.05, 0.1) is 6.20 Å². The molecule has 0 amide bonds. The number of fused-ring (bicyclic) bond motifs is 1. The van der Waals surface area contributed by atoms with E-state index in [4.69, 9.17) is 4.98 Å². The molecule has 0 N–H and O–H groups in total. The normalized spacial score (nSPS) is 18.8. The summed E-state index contributed by atoms with van der Waals surface area (Å²) >= 11 is 0. The van der Waals surface area contributed by atoms with Crippen LogP contribution in [0, 0.1) is 5.92 Å². The molecule has 0 atom stereocenters. The average Bonchev–Trinajstić information content (AvgIpc) is 3.16. The molecule has 0 unspecified atom stereocenters. The third-order valence-electron chi connectivity index (χ3n) is 6.95. The number of imidazole rings is 1. The number of hydrogen-bond donors (Lipinski definition) is 0. The highest BCUT2D eigenvalue weighted by Gasteiger charge is 2.32. The number of benzene rings is 2. The van der Waals surface area contributed by atoms with Crippen molar-refractivity contribution in [1.29, 1.82) is 0 Å². The van der Waals surface area contributed by atoms with E-state index < -0.39 is 0 Å². The van der Waals surface area contributed by atoms with E-state index in [1.54, 1.807) is 6.20 Å². The zero-order chi connectivity index (χ0) is 19.8. The standard InChI is InChI=1S/C25H29N3O/c1-2-28-23(24(29)19-13-15-27(16-14-19)20-9-6-10-20)17-26-25(28)22-12-5-8-18-7-3-4-11-21(18)22/h3-5,7-8,11-12,17,19-20H,2,6,9-10,13-16H2,1H3. The molecule has 29 heavy (non-hydrogen) atoms. The number of nitrogens with zero attached hydrogens (tertiary/aromatic N) is 3. The average molecular weight is 388 g/mol. The molecule has 1 aliphatic heterocycles. The molecule has 3 aromatic rings. The summed E-state index contributed by atoms with van der Waals surface area (Å²) in [5, 5.41) is 2.38. The first-order chi connectivity index (χ1) is 14.3. The van der Waals surface area contributed by atoms with Gasteiger partial charge < -0.3 is 9.47 Å². The van der Waals surface area contributed by atoms with Crippen molar-refractivity contribution in [3.8, 4) is 11.4 Å². The van der Waals surface area contributed by atoms with Crippen LogP contribution >= 0.6 is 0 Å². The number of likely N-dealkylation sites (tertiary alicyclic amines) is 1. The Morgan fingerprint density at radius 3 is 2.52 bits per heavy atom. The van der Waals surface area contributed by atoms with Crippen LogP contribution in [0.25, 0.3) is 22.2 Å². The number of ketones is 1. The van der Waals surface area contributed by atoms with Crippen molar-refractivity contribution < 1.29 is 4.79 Å². The van der Waals surface area contributed by atoms with Crippen molar-refractivity contribution in [2.75, 3.05) is 13.1 Å². The summed E-state index contributed by atoms with van der Waals surface area (Å²) in [4.78, 5) is 20.7. The van der Waals surface area contributed by atoms with Crippen LogP contribution in [0.2, 0.25) is 0 Å². The Hall–Kier alpha value is -2.46. The summed E-state index contributed by atoms with van der Waals surface area (Å²) in [5.74, 6) is 1.31. The van der Waals surface area contributed by atoms with Gasteiger partial charge >= 0.3 is 0 Å². The van der Waals surface area contributed by atoms with Gasteiger partial charge in [0, 0.05) is 24.1 Å². The molecule has 0 bridgehead atoms. The molecular weight excluding hydrogens is 358 g/mol. The highest BCUT2D eigenvalue weighted by Crippen LogP contribution is 2.32. The number of hydrogen-bond acceptors (Lipinski definition) is 3. The van der Waals surface area contributed by atoms with Crippen molar-refractivity contribution in [2.24, 2.45) is 5.92 Å². The number of rotatable bonds is 5. The molecule has 0 radical (unpaired) electrons. The van der Waals surface area contributed by atoms with Crippen LogP contribution in [0.5, 0.6) is 0 Å². The third-order valence-corrected chi connectivity index (χ3v) is 6.95. The number of carbonyl (C=O) groups excluding carboxylic acids is 1. The van der Waals surface area contributed by atoms with Crippen molar-refractivity contribution in [2.45, 2.75) is 51.6 Å². The lowest BCUT2D eigenvalue weighted by molar-refractivity contribution is 0.0665. The van der Waals surface area contributed by atoms with Crippen LogP contribution in [0.3, 0.4) is 0 Å². The fourth-order valence-electron chi connectivity index (χ4n) is 5.02. The molecule has 4 nitrogen and oxygen atoms in total. The van der Waals surface area contributed by atoms with Gasteiger partial charge in [-0.2, -0.15) is 0 Å². The first-order valence-electron chi connectivity index (χ1n) is 11.1. The molecule has 0 spiro atoms. The third kappa shape index (κ3) is 3.29. The summed E-state index contributed by atoms with van der Waals surface area (Å²) < 4.78 is 2.11. The maximum atomic E-state index is 13.4. The van der Waals surface area contributed by atoms with Gasteiger partial charge in [0.1, 0.15) is 11.5 Å². The smallest absolute Gasteiger partial charge is 0.184 e. The first-order valence-corrected chi connectivity index (χ1v) is 11.1. The molecular formula is C25H29N3O. The summed E-state index contributed by atoms with van der Waals surface area (Å²) in [6.07, 6.45) is 7.82. The number of piperidine rings is 1. The summed E-state index contributed by atoms with van der Waals surface area (Å²) in [7, 11) is 0. The van der Waals surface area contributed by atoms with E-state index in [0.29, 0.717) is 0 Å². The van der Waals surface area contributed by atoms with Crippen LogP contribution < -0.4 is 0 Å². The lowest BCUT2D eigenvalue weighted by Gasteiger charge is -2.41. The predicted octanol–water partition coefficient (Wildman–Crippen LogP) is 5.17. The molecule has 1 saturated heterocycles. The highest BCUT2D eigenvalue weighted by atomic mass is 16.1. The summed E-state index contributed by atoms with van der Waals surface area (Å²) in [5.41, 5.74) is 1.88. The van der Waals surface area contributed by atoms with E-state index in [-0.39, 0.29) is 11.7 Å². The zero-order valence-corrected chi connectivity index (χ0v) is 17.2. The van der Waals surface area contributed by atoms with Crippen molar-refractivity contribution in [3.05, 3.63) is 54.4 Å². The van der Waals surface area contributed by atoms with Gasteiger partial charge in [-0.25, -0.2) is 4.98 Å². The molecule has 2 heterocycles. The Morgan fingerprint density at radius 1 is 1.03 bits per heavy atom. The van der Waals surface area contributed by atoms with Crippen molar-refractivity contribution in [3.63, 3.8) is 0 Å². The lowest BCUT2D eigenvalue weighted by Crippen LogP contribution is -2.45. The fraction of sp³-hybridized carbons (Fsp3) is 0.440. The molecule has 1 aromatic heterocycles. The zero-order valence-electron chi connectivity index (χ0n) is 17.2. The number of Topliss-reactive ketones (excluding diaryl/α,β-unsaturated/α-hetero) is 1. The van der Waals surface area contributed by atoms with E-state index >= 15 is 0 Å². The second kappa shape index (κ2) is 7.75. The van der Waals surface area contributed by atoms with Gasteiger partial charge in [-0.05, 0) is 56.5 Å². The Bertz CT molecular complexity index is 1020. The van der Waals surface area contributed by atoms with Gasteiger partial charge in [0.2, 0.25) is 0 Å². The molecule has 1 aliphatic carbocycles. The molecule has 4 heteroatoms. The fourth-order valence-corrected chi connectivity index (χ4v) is 5.02. The second-order valence-electron chi connectivity index (χ2n) is 8.50. The first kappa shape index (κ1) is 18.6. The van der Waals surface area contributed by atoms with E-state index in [0.717, 1.165) is 55.6 Å². The van der Waals surface area contributed by atoms with Gasteiger partial charge in [-0.15, -0.1) is 0 Å². The minimum atomic E-state index is 0.133. The maximum Gasteiger partial charge on any atom is 0.184 e. The van der Waals surface area contributed by atoms with E-state index in [2.05, 4.69) is 58.9 Å². The topological polar surface area (TPSA) is 38.1 Å². The molecule has 150 valence electrons. The molecule has 2 fully saturated rings. The number of aromatic nitrogens is 2. The van der Waals surface area contributed by atoms with Crippen LogP contribution in [-0.4, -0.2) is 39.4 Å². The van der Waals surface area contributed by atoms with Crippen LogP contribution in [0.4, 0.5) is 0 Å². The van der Waals surface area contributed by atoms with E-state index in [9.17, 15) is 4.79 Å². The summed E-state index contributed by atoms with van der Waals surface area (Å²) in [6, 6.07) is 15.5. The SMILES string of the molecule is CCn1c(C(=O)C2CCN(C3CCC3)CC2)cnc1-c1cccc2ccccc12. The van der Waals surface area contributed by atoms with Gasteiger partial charge in [0.25, 0.3) is 0 Å². The van der Waals surface area contributed by atoms with Gasteiger partial charge in [0.15, 0.2) is 5.78 Å². The quantitative estimate of drug-likeness (QED) is 0.567. The molecule has 1 saturated carbocycles. The Kier molecular flexibility index (Phi) is 4.96. The Balaban J connectivity index is 1.42. The van der Waals surface area contributed by atoms with Crippen LogP contribution in [0.1, 0.15) is 49.5 Å². The van der Waals surface area contributed by atoms with Gasteiger partial charge in [-0.3, -0.25) is 4.79 Å². The van der Waals surface area contributed by atoms with Gasteiger partial charge in [-0.1, -0.05) is 48.9 Å². The predicted molar refractivity (Wildman–Crippen MR) is 117 cm³/mol. The van der Waals surface area contributed by atoms with Crippen molar-refractivity contribution >= 4 is 16.6 Å². The van der Waals surface area contributed by atoms with E-state index in [1.807, 2.05) is 0 Å². The van der Waals surface area contributed by atoms with Crippen LogP contribution in [-0.2, 0) is 6.54 Å². The Labute approximate surface area is 172 Å². The molecule has 2 aliphatic rings. The minimum absolute atomic E-state index is 0.133. The molecule has 5 rings (SSSR count). The largest absolute Gasteiger partial charge is 0.322 e. The van der Waals surface area contributed by atoms with Crippen molar-refractivity contribution in [1.82, 2.24) is 14.5 Å². The number of carbonyl (C=O) groups is 1. The molecule has 2 aromatic carbocycles. The lowest BCUT2D eigenvalue weighted by atomic mass is 9.86. The Morgan fingerprint density at radius 2 is 1.79 bits per heavy atom. The second-order valence-corrected chi connectivity index (χ2v) is 8.50. The maximum absolute atomic E-state index is 13.4.